The number of Topliss-reactive ketones (excluding diaryl/α,β-unsaturated/α-hetero) is 1. The van der Waals surface area contributed by atoms with Gasteiger partial charge in [-0.25, -0.2) is 0 Å². The lowest BCUT2D eigenvalue weighted by atomic mass is 9.68. The third-order valence-corrected chi connectivity index (χ3v) is 6.74. The van der Waals surface area contributed by atoms with Crippen molar-refractivity contribution < 1.29 is 29.1 Å². The number of ether oxygens (including phenoxy) is 2. The van der Waals surface area contributed by atoms with Gasteiger partial charge in [0, 0.05) is 46.6 Å². The summed E-state index contributed by atoms with van der Waals surface area (Å²) in [7, 11) is 1.54. The van der Waals surface area contributed by atoms with Crippen LogP contribution in [0, 0.1) is 15.5 Å². The number of allylic oxidation sites excluding steroid dienone is 3. The number of ketones is 1. The highest BCUT2D eigenvalue weighted by atomic mass is 16.6. The van der Waals surface area contributed by atoms with E-state index in [0.29, 0.717) is 40.4 Å². The maximum Gasteiger partial charge on any atom is 0.314 e. The van der Waals surface area contributed by atoms with Crippen LogP contribution in [0.2, 0.25) is 0 Å². The SMILES string of the molecule is CCOc1cc([C@@H]2C(C(=O)Nc3ccc(OC)cc3)=C(C)NC3=C2C(=O)CC(C)(C)C3)cc([N+](=O)[O-])c1O. The lowest BCUT2D eigenvalue weighted by Crippen LogP contribution is -2.39. The van der Waals surface area contributed by atoms with Gasteiger partial charge in [0.05, 0.1) is 18.6 Å². The molecule has 0 radical (unpaired) electrons. The van der Waals surface area contributed by atoms with Gasteiger partial charge in [0.15, 0.2) is 11.5 Å². The lowest BCUT2D eigenvalue weighted by molar-refractivity contribution is -0.386. The molecule has 3 N–H and O–H groups in total. The number of nitro benzene ring substituents is 1. The van der Waals surface area contributed by atoms with E-state index in [9.17, 15) is 24.8 Å². The van der Waals surface area contributed by atoms with E-state index in [0.717, 1.165) is 0 Å². The van der Waals surface area contributed by atoms with Crippen molar-refractivity contribution in [2.75, 3.05) is 19.0 Å². The number of nitro groups is 1. The van der Waals surface area contributed by atoms with Gasteiger partial charge in [-0.15, -0.1) is 0 Å². The third kappa shape index (κ3) is 5.06. The molecule has 0 bridgehead atoms. The molecule has 38 heavy (non-hydrogen) atoms. The van der Waals surface area contributed by atoms with Crippen LogP contribution in [0.25, 0.3) is 0 Å². The van der Waals surface area contributed by atoms with Gasteiger partial charge < -0.3 is 25.2 Å². The van der Waals surface area contributed by atoms with Gasteiger partial charge >= 0.3 is 5.69 Å². The van der Waals surface area contributed by atoms with E-state index in [4.69, 9.17) is 9.47 Å². The summed E-state index contributed by atoms with van der Waals surface area (Å²) in [5, 5.41) is 28.4. The lowest BCUT2D eigenvalue weighted by Gasteiger charge is -2.39. The van der Waals surface area contributed by atoms with Crippen LogP contribution in [0.5, 0.6) is 17.2 Å². The molecule has 0 saturated heterocycles. The van der Waals surface area contributed by atoms with Crippen LogP contribution >= 0.6 is 0 Å². The van der Waals surface area contributed by atoms with E-state index in [-0.39, 0.29) is 35.5 Å². The van der Waals surface area contributed by atoms with E-state index in [1.807, 2.05) is 13.8 Å². The first kappa shape index (κ1) is 26.7. The molecule has 1 amide bonds. The Kier molecular flexibility index (Phi) is 7.17. The minimum absolute atomic E-state index is 0.0893. The maximum absolute atomic E-state index is 13.7. The van der Waals surface area contributed by atoms with Crippen molar-refractivity contribution >= 4 is 23.1 Å². The van der Waals surface area contributed by atoms with Crippen LogP contribution in [0.15, 0.2) is 58.9 Å². The molecule has 2 aromatic carbocycles. The number of dihydropyridines is 1. The summed E-state index contributed by atoms with van der Waals surface area (Å²) < 4.78 is 10.7. The van der Waals surface area contributed by atoms with Crippen molar-refractivity contribution in [3.63, 3.8) is 0 Å². The van der Waals surface area contributed by atoms with Gasteiger partial charge in [0.1, 0.15) is 5.75 Å². The van der Waals surface area contributed by atoms with Gasteiger partial charge in [-0.05, 0) is 61.6 Å². The number of phenolic OH excluding ortho intramolecular Hbond substituents is 1. The van der Waals surface area contributed by atoms with E-state index in [1.54, 1.807) is 45.2 Å². The number of amides is 1. The zero-order valence-electron chi connectivity index (χ0n) is 22.0. The Hall–Kier alpha value is -4.34. The Morgan fingerprint density at radius 1 is 1.24 bits per heavy atom. The fourth-order valence-corrected chi connectivity index (χ4v) is 5.13. The number of phenols is 1. The van der Waals surface area contributed by atoms with E-state index in [2.05, 4.69) is 10.6 Å². The Labute approximate surface area is 220 Å². The first-order chi connectivity index (χ1) is 18.0. The monoisotopic (exact) mass is 521 g/mol. The number of nitrogens with zero attached hydrogens (tertiary/aromatic N) is 1. The molecule has 2 aromatic rings. The Bertz CT molecular complexity index is 1370. The zero-order chi connectivity index (χ0) is 27.8. The molecular weight excluding hydrogens is 490 g/mol. The molecule has 200 valence electrons. The summed E-state index contributed by atoms with van der Waals surface area (Å²) in [5.74, 6) is -1.60. The second-order valence-corrected chi connectivity index (χ2v) is 10.2. The Morgan fingerprint density at radius 3 is 2.53 bits per heavy atom. The van der Waals surface area contributed by atoms with E-state index in [1.165, 1.54) is 12.1 Å². The van der Waals surface area contributed by atoms with Crippen molar-refractivity contribution in [2.45, 2.75) is 46.5 Å². The third-order valence-electron chi connectivity index (χ3n) is 6.74. The number of nitrogens with one attached hydrogen (secondary N) is 2. The molecule has 0 unspecified atom stereocenters. The largest absolute Gasteiger partial charge is 0.500 e. The van der Waals surface area contributed by atoms with Crippen LogP contribution < -0.4 is 20.1 Å². The molecule has 0 saturated carbocycles. The zero-order valence-corrected chi connectivity index (χ0v) is 22.0. The average molecular weight is 522 g/mol. The van der Waals surface area contributed by atoms with Crippen LogP contribution in [0.3, 0.4) is 0 Å². The molecule has 4 rings (SSSR count). The van der Waals surface area contributed by atoms with Gasteiger partial charge in [0.25, 0.3) is 5.91 Å². The van der Waals surface area contributed by atoms with Crippen LogP contribution in [-0.2, 0) is 9.59 Å². The quantitative estimate of drug-likeness (QED) is 0.343. The number of aromatic hydroxyl groups is 1. The standard InChI is InChI=1S/C28H31N3O7/c1-6-38-22-12-16(11-20(26(22)33)31(35)36)24-23(27(34)30-17-7-9-18(37-5)10-8-17)15(2)29-19-13-28(3,4)14-21(32)25(19)24/h7-12,24,29,33H,6,13-14H2,1-5H3,(H,30,34)/t24-/m1/s1. The topological polar surface area (TPSA) is 140 Å². The first-order valence-corrected chi connectivity index (χ1v) is 12.3. The molecule has 10 nitrogen and oxygen atoms in total. The van der Waals surface area contributed by atoms with E-state index >= 15 is 0 Å². The van der Waals surface area contributed by atoms with Crippen molar-refractivity contribution in [1.82, 2.24) is 5.32 Å². The Morgan fingerprint density at radius 2 is 1.92 bits per heavy atom. The summed E-state index contributed by atoms with van der Waals surface area (Å²) in [4.78, 5) is 38.4. The molecule has 1 aliphatic carbocycles. The number of hydrogen-bond donors (Lipinski definition) is 3. The van der Waals surface area contributed by atoms with E-state index < -0.39 is 28.2 Å². The highest BCUT2D eigenvalue weighted by molar-refractivity contribution is 6.10. The number of hydrogen-bond acceptors (Lipinski definition) is 8. The normalized spacial score (nSPS) is 18.4. The van der Waals surface area contributed by atoms with Crippen LogP contribution in [0.1, 0.15) is 52.0 Å². The Balaban J connectivity index is 1.88. The predicted octanol–water partition coefficient (Wildman–Crippen LogP) is 4.95. The molecule has 0 spiro atoms. The van der Waals surface area contributed by atoms with Gasteiger partial charge in [-0.2, -0.15) is 0 Å². The van der Waals surface area contributed by atoms with Gasteiger partial charge in [-0.1, -0.05) is 13.8 Å². The first-order valence-electron chi connectivity index (χ1n) is 12.3. The fraction of sp³-hybridized carbons (Fsp3) is 0.357. The summed E-state index contributed by atoms with van der Waals surface area (Å²) in [6.45, 7) is 7.57. The molecule has 10 heteroatoms. The molecule has 0 fully saturated rings. The van der Waals surface area contributed by atoms with Gasteiger partial charge in [-0.3, -0.25) is 19.7 Å². The molecule has 1 aliphatic heterocycles. The minimum Gasteiger partial charge on any atom is -0.500 e. The maximum atomic E-state index is 13.7. The van der Waals surface area contributed by atoms with Crippen LogP contribution in [0.4, 0.5) is 11.4 Å². The minimum atomic E-state index is -0.911. The molecule has 1 heterocycles. The summed E-state index contributed by atoms with van der Waals surface area (Å²) in [6, 6.07) is 9.47. The smallest absolute Gasteiger partial charge is 0.314 e. The van der Waals surface area contributed by atoms with Crippen molar-refractivity contribution in [3.05, 3.63) is 74.6 Å². The second kappa shape index (κ2) is 10.2. The number of carbonyl (C=O) groups is 2. The van der Waals surface area contributed by atoms with Crippen LogP contribution in [-0.4, -0.2) is 35.4 Å². The summed E-state index contributed by atoms with van der Waals surface area (Å²) in [5.41, 5.74) is 1.79. The highest BCUT2D eigenvalue weighted by Crippen LogP contribution is 2.49. The van der Waals surface area contributed by atoms with Crippen molar-refractivity contribution in [2.24, 2.45) is 5.41 Å². The summed E-state index contributed by atoms with van der Waals surface area (Å²) in [6.07, 6.45) is 0.822. The molecular formula is C28H31N3O7. The number of carbonyl (C=O) groups excluding carboxylic acids is 2. The number of methoxy groups -OCH3 is 1. The fourth-order valence-electron chi connectivity index (χ4n) is 5.13. The summed E-state index contributed by atoms with van der Waals surface area (Å²) >= 11 is 0. The average Bonchev–Trinajstić information content (AvgIpc) is 2.84. The van der Waals surface area contributed by atoms with Crippen molar-refractivity contribution in [3.8, 4) is 17.2 Å². The number of anilines is 1. The molecule has 0 aromatic heterocycles. The van der Waals surface area contributed by atoms with Gasteiger partial charge in [0.2, 0.25) is 5.75 Å². The molecule has 2 aliphatic rings. The highest BCUT2D eigenvalue weighted by Gasteiger charge is 2.43. The molecule has 1 atom stereocenters. The van der Waals surface area contributed by atoms with Crippen molar-refractivity contribution in [1.29, 1.82) is 0 Å². The number of benzene rings is 2. The second-order valence-electron chi connectivity index (χ2n) is 10.2. The number of rotatable bonds is 7. The predicted molar refractivity (Wildman–Crippen MR) is 141 cm³/mol.